The van der Waals surface area contributed by atoms with Crippen LogP contribution >= 0.6 is 11.3 Å². The quantitative estimate of drug-likeness (QED) is 0.169. The average molecular weight is 722 g/mol. The lowest BCUT2D eigenvalue weighted by Crippen LogP contribution is -2.30. The summed E-state index contributed by atoms with van der Waals surface area (Å²) in [6.07, 6.45) is 0. The van der Waals surface area contributed by atoms with Crippen molar-refractivity contribution in [3.05, 3.63) is 187 Å². The second kappa shape index (κ2) is 12.2. The van der Waals surface area contributed by atoms with E-state index < -0.39 is 0 Å². The molecule has 4 heteroatoms. The summed E-state index contributed by atoms with van der Waals surface area (Å²) >= 11 is 1.87. The van der Waals surface area contributed by atoms with Crippen LogP contribution in [-0.4, -0.2) is 9.97 Å². The third kappa shape index (κ3) is 4.95. The molecule has 10 aromatic rings. The van der Waals surface area contributed by atoms with E-state index in [1.165, 1.54) is 59.2 Å². The lowest BCUT2D eigenvalue weighted by atomic mass is 9.73. The Balaban J connectivity index is 1.09. The summed E-state index contributed by atoms with van der Waals surface area (Å²) in [5, 5.41) is 5.99. The molecule has 0 saturated heterocycles. The van der Waals surface area contributed by atoms with E-state index in [1.807, 2.05) is 11.3 Å². The van der Waals surface area contributed by atoms with Gasteiger partial charge in [-0.05, 0) is 82.2 Å². The van der Waals surface area contributed by atoms with Crippen molar-refractivity contribution >= 4 is 70.2 Å². The van der Waals surface area contributed by atoms with Crippen LogP contribution in [0.1, 0.15) is 25.0 Å². The number of rotatable bonds is 4. The summed E-state index contributed by atoms with van der Waals surface area (Å²) in [4.78, 5) is 13.1. The highest BCUT2D eigenvalue weighted by atomic mass is 32.1. The molecule has 0 N–H and O–H groups in total. The molecule has 8 aromatic carbocycles. The molecule has 1 aliphatic rings. The molecule has 0 unspecified atom stereocenters. The highest BCUT2D eigenvalue weighted by Gasteiger charge is 2.37. The van der Waals surface area contributed by atoms with E-state index in [0.717, 1.165) is 38.8 Å². The number of anilines is 3. The summed E-state index contributed by atoms with van der Waals surface area (Å²) in [7, 11) is 0. The third-order valence-electron chi connectivity index (χ3n) is 11.5. The van der Waals surface area contributed by atoms with Crippen LogP contribution in [0.2, 0.25) is 0 Å². The maximum atomic E-state index is 5.36. The van der Waals surface area contributed by atoms with Crippen molar-refractivity contribution in [2.45, 2.75) is 19.3 Å². The Morgan fingerprint density at radius 1 is 0.455 bits per heavy atom. The van der Waals surface area contributed by atoms with E-state index in [1.54, 1.807) is 0 Å². The molecule has 260 valence electrons. The van der Waals surface area contributed by atoms with Crippen LogP contribution in [0.4, 0.5) is 17.1 Å². The van der Waals surface area contributed by atoms with Gasteiger partial charge in [0, 0.05) is 53.2 Å². The molecule has 3 nitrogen and oxygen atoms in total. The van der Waals surface area contributed by atoms with E-state index in [-0.39, 0.29) is 5.41 Å². The number of hydrogen-bond acceptors (Lipinski definition) is 4. The van der Waals surface area contributed by atoms with Gasteiger partial charge in [0.25, 0.3) is 0 Å². The summed E-state index contributed by atoms with van der Waals surface area (Å²) in [5.74, 6) is 0.711. The molecular formula is C51H35N3S. The first-order valence-corrected chi connectivity index (χ1v) is 19.6. The van der Waals surface area contributed by atoms with Gasteiger partial charge in [-0.25, -0.2) is 9.97 Å². The van der Waals surface area contributed by atoms with Gasteiger partial charge in [-0.2, -0.15) is 0 Å². The van der Waals surface area contributed by atoms with E-state index in [9.17, 15) is 0 Å². The number of para-hydroxylation sites is 1. The molecule has 0 radical (unpaired) electrons. The van der Waals surface area contributed by atoms with Crippen molar-refractivity contribution in [3.8, 4) is 33.8 Å². The van der Waals surface area contributed by atoms with Gasteiger partial charge in [0.1, 0.15) is 0 Å². The number of benzene rings is 8. The molecule has 0 spiro atoms. The normalized spacial score (nSPS) is 13.4. The van der Waals surface area contributed by atoms with E-state index in [0.29, 0.717) is 5.82 Å². The maximum Gasteiger partial charge on any atom is 0.160 e. The van der Waals surface area contributed by atoms with E-state index in [4.69, 9.17) is 9.97 Å². The van der Waals surface area contributed by atoms with Crippen LogP contribution in [0.25, 0.3) is 75.6 Å². The fourth-order valence-corrected chi connectivity index (χ4v) is 9.84. The lowest BCUT2D eigenvalue weighted by Gasteiger charge is -2.42. The molecule has 0 saturated carbocycles. The second-order valence-corrected chi connectivity index (χ2v) is 16.1. The van der Waals surface area contributed by atoms with Crippen LogP contribution in [0.3, 0.4) is 0 Å². The number of hydrogen-bond donors (Lipinski definition) is 0. The summed E-state index contributed by atoms with van der Waals surface area (Å²) in [5.41, 5.74) is 12.4. The zero-order valence-electron chi connectivity index (χ0n) is 30.5. The fourth-order valence-electron chi connectivity index (χ4n) is 8.72. The van der Waals surface area contributed by atoms with E-state index >= 15 is 0 Å². The Labute approximate surface area is 323 Å². The molecule has 1 aliphatic heterocycles. The van der Waals surface area contributed by atoms with Crippen molar-refractivity contribution in [2.24, 2.45) is 0 Å². The molecule has 0 aliphatic carbocycles. The van der Waals surface area contributed by atoms with Crippen molar-refractivity contribution in [1.82, 2.24) is 9.97 Å². The van der Waals surface area contributed by atoms with Gasteiger partial charge in [0.15, 0.2) is 5.82 Å². The van der Waals surface area contributed by atoms with Crippen LogP contribution in [0.5, 0.6) is 0 Å². The van der Waals surface area contributed by atoms with E-state index in [2.05, 4.69) is 195 Å². The SMILES string of the molecule is CC1(C)c2ccccc2N(c2ccc(-c3nc(-c4ccccc4)c4ccc5c(-c6ccccc6)cccc5c4n3)cc2)c2cc3sc4ccccc4c3cc21. The Morgan fingerprint density at radius 2 is 1.15 bits per heavy atom. The first-order valence-electron chi connectivity index (χ1n) is 18.8. The third-order valence-corrected chi connectivity index (χ3v) is 12.6. The zero-order valence-corrected chi connectivity index (χ0v) is 31.3. The van der Waals surface area contributed by atoms with Gasteiger partial charge < -0.3 is 4.90 Å². The fraction of sp³-hybridized carbons (Fsp3) is 0.0588. The number of thiophene rings is 1. The molecule has 0 bridgehead atoms. The molecule has 2 aromatic heterocycles. The molecule has 0 amide bonds. The summed E-state index contributed by atoms with van der Waals surface area (Å²) in [6, 6.07) is 63.4. The van der Waals surface area contributed by atoms with Gasteiger partial charge in [0.05, 0.1) is 22.6 Å². The van der Waals surface area contributed by atoms with Crippen molar-refractivity contribution < 1.29 is 0 Å². The number of aromatic nitrogens is 2. The molecule has 11 rings (SSSR count). The topological polar surface area (TPSA) is 29.0 Å². The second-order valence-electron chi connectivity index (χ2n) is 15.0. The van der Waals surface area contributed by atoms with Gasteiger partial charge in [0.2, 0.25) is 0 Å². The predicted octanol–water partition coefficient (Wildman–Crippen LogP) is 14.3. The largest absolute Gasteiger partial charge is 0.310 e. The number of nitrogens with zero attached hydrogens (tertiary/aromatic N) is 3. The lowest BCUT2D eigenvalue weighted by molar-refractivity contribution is 0.633. The summed E-state index contributed by atoms with van der Waals surface area (Å²) in [6.45, 7) is 4.72. The molecule has 0 fully saturated rings. The first-order chi connectivity index (χ1) is 27.0. The summed E-state index contributed by atoms with van der Waals surface area (Å²) < 4.78 is 2.62. The van der Waals surface area contributed by atoms with Crippen molar-refractivity contribution in [3.63, 3.8) is 0 Å². The average Bonchev–Trinajstić information content (AvgIpc) is 3.61. The van der Waals surface area contributed by atoms with Gasteiger partial charge in [-0.15, -0.1) is 11.3 Å². The van der Waals surface area contributed by atoms with Crippen LogP contribution in [-0.2, 0) is 5.41 Å². The number of fused-ring (bicyclic) bond motifs is 8. The van der Waals surface area contributed by atoms with Gasteiger partial charge in [-0.1, -0.05) is 135 Å². The maximum absolute atomic E-state index is 5.36. The van der Waals surface area contributed by atoms with Crippen LogP contribution in [0, 0.1) is 0 Å². The molecule has 0 atom stereocenters. The Kier molecular flexibility index (Phi) is 7.07. The molecule has 55 heavy (non-hydrogen) atoms. The Morgan fingerprint density at radius 3 is 1.96 bits per heavy atom. The predicted molar refractivity (Wildman–Crippen MR) is 233 cm³/mol. The highest BCUT2D eigenvalue weighted by molar-refractivity contribution is 7.25. The first kappa shape index (κ1) is 31.9. The Hall–Kier alpha value is -6.62. The van der Waals surface area contributed by atoms with Gasteiger partial charge in [-0.3, -0.25) is 0 Å². The minimum Gasteiger partial charge on any atom is -0.310 e. The van der Waals surface area contributed by atoms with Gasteiger partial charge >= 0.3 is 0 Å². The minimum absolute atomic E-state index is 0.171. The zero-order chi connectivity index (χ0) is 36.7. The highest BCUT2D eigenvalue weighted by Crippen LogP contribution is 2.54. The van der Waals surface area contributed by atoms with Crippen LogP contribution < -0.4 is 4.90 Å². The molecule has 3 heterocycles. The smallest absolute Gasteiger partial charge is 0.160 e. The van der Waals surface area contributed by atoms with Crippen molar-refractivity contribution in [2.75, 3.05) is 4.90 Å². The molecular weight excluding hydrogens is 687 g/mol. The van der Waals surface area contributed by atoms with Crippen molar-refractivity contribution in [1.29, 1.82) is 0 Å². The minimum atomic E-state index is -0.171. The Bertz CT molecular complexity index is 3110. The monoisotopic (exact) mass is 721 g/mol. The van der Waals surface area contributed by atoms with Crippen LogP contribution in [0.15, 0.2) is 176 Å². The standard InChI is InChI=1S/C51H35N3S/c1-51(2)42-21-10-11-22-44(42)54(45-31-47-41(30-43(45)51)38-18-9-12-23-46(38)55-47)35-26-24-34(25-27-35)50-52-48(33-16-7-4-8-17-33)40-29-28-37-36(32-14-5-3-6-15-32)19-13-20-39(37)49(40)53-50/h3-31H,1-2H3.